The third kappa shape index (κ3) is 6.29. The third-order valence-electron chi connectivity index (χ3n) is 3.14. The molecule has 1 aromatic rings. The zero-order valence-corrected chi connectivity index (χ0v) is 13.9. The van der Waals surface area contributed by atoms with E-state index in [0.29, 0.717) is 5.92 Å². The summed E-state index contributed by atoms with van der Waals surface area (Å²) in [7, 11) is 0. The Kier molecular flexibility index (Phi) is 7.88. The Hall–Kier alpha value is -0.760. The first-order valence-electron chi connectivity index (χ1n) is 7.16. The molecule has 0 amide bonds. The Morgan fingerprint density at radius 3 is 2.42 bits per heavy atom. The summed E-state index contributed by atoms with van der Waals surface area (Å²) in [5, 5.41) is 0.930. The van der Waals surface area contributed by atoms with Crippen molar-refractivity contribution >= 4 is 22.0 Å². The van der Waals surface area contributed by atoms with E-state index in [9.17, 15) is 0 Å². The van der Waals surface area contributed by atoms with Crippen LogP contribution in [0.25, 0.3) is 6.08 Å². The minimum absolute atomic E-state index is 0.573. The van der Waals surface area contributed by atoms with Crippen LogP contribution < -0.4 is 4.74 Å². The van der Waals surface area contributed by atoms with Gasteiger partial charge in [-0.15, -0.1) is 0 Å². The minimum Gasteiger partial charge on any atom is -0.494 e. The summed E-state index contributed by atoms with van der Waals surface area (Å²) in [5.41, 5.74) is 2.65. The molecule has 0 aliphatic heterocycles. The van der Waals surface area contributed by atoms with Crippen molar-refractivity contribution in [2.45, 2.75) is 40.0 Å². The second-order valence-electron chi connectivity index (χ2n) is 5.13. The van der Waals surface area contributed by atoms with Crippen LogP contribution in [0.1, 0.15) is 45.6 Å². The van der Waals surface area contributed by atoms with Crippen molar-refractivity contribution in [3.05, 3.63) is 35.4 Å². The average molecular weight is 325 g/mol. The predicted molar refractivity (Wildman–Crippen MR) is 88.1 cm³/mol. The molecule has 0 radical (unpaired) electrons. The van der Waals surface area contributed by atoms with Gasteiger partial charge in [-0.1, -0.05) is 73.3 Å². The smallest absolute Gasteiger partial charge is 0.119 e. The molecular weight excluding hydrogens is 300 g/mol. The van der Waals surface area contributed by atoms with Gasteiger partial charge in [-0.3, -0.25) is 0 Å². The molecule has 1 nitrogen and oxygen atoms in total. The number of alkyl halides is 1. The van der Waals surface area contributed by atoms with Crippen LogP contribution in [0.3, 0.4) is 0 Å². The molecule has 0 heterocycles. The second kappa shape index (κ2) is 9.19. The van der Waals surface area contributed by atoms with Crippen molar-refractivity contribution in [1.29, 1.82) is 0 Å². The van der Waals surface area contributed by atoms with Gasteiger partial charge in [-0.05, 0) is 30.0 Å². The summed E-state index contributed by atoms with van der Waals surface area (Å²) >= 11 is 3.54. The maximum atomic E-state index is 5.71. The largest absolute Gasteiger partial charge is 0.494 e. The highest BCUT2D eigenvalue weighted by Gasteiger charge is 2.01. The van der Waals surface area contributed by atoms with Crippen LogP contribution in [0, 0.1) is 5.92 Å². The standard InChI is InChI=1S/C17H25BrO/c1-4-5-6-11-19-17-9-7-15(8-10-17)12-16(13-18)14(2)3/h7-10,12,14H,4-6,11,13H2,1-3H3. The first kappa shape index (κ1) is 16.3. The summed E-state index contributed by atoms with van der Waals surface area (Å²) < 4.78 is 5.71. The molecule has 0 aromatic heterocycles. The summed E-state index contributed by atoms with van der Waals surface area (Å²) in [5.74, 6) is 1.54. The monoisotopic (exact) mass is 324 g/mol. The van der Waals surface area contributed by atoms with Gasteiger partial charge in [0.05, 0.1) is 6.61 Å². The molecule has 106 valence electrons. The minimum atomic E-state index is 0.573. The van der Waals surface area contributed by atoms with Crippen LogP contribution >= 0.6 is 15.9 Å². The van der Waals surface area contributed by atoms with E-state index in [1.807, 2.05) is 0 Å². The fourth-order valence-corrected chi connectivity index (χ4v) is 2.59. The van der Waals surface area contributed by atoms with E-state index in [0.717, 1.165) is 24.1 Å². The molecule has 0 fully saturated rings. The molecule has 0 aliphatic carbocycles. The molecule has 1 rings (SSSR count). The third-order valence-corrected chi connectivity index (χ3v) is 3.79. The average Bonchev–Trinajstić information content (AvgIpc) is 2.42. The van der Waals surface area contributed by atoms with Gasteiger partial charge in [-0.2, -0.15) is 0 Å². The maximum absolute atomic E-state index is 5.71. The number of ether oxygens (including phenoxy) is 1. The van der Waals surface area contributed by atoms with Crippen molar-refractivity contribution in [3.63, 3.8) is 0 Å². The molecule has 0 unspecified atom stereocenters. The molecule has 0 N–H and O–H groups in total. The highest BCUT2D eigenvalue weighted by molar-refractivity contribution is 9.09. The molecule has 19 heavy (non-hydrogen) atoms. The van der Waals surface area contributed by atoms with Gasteiger partial charge < -0.3 is 4.74 Å². The number of benzene rings is 1. The van der Waals surface area contributed by atoms with Crippen LogP contribution in [-0.4, -0.2) is 11.9 Å². The van der Waals surface area contributed by atoms with Crippen LogP contribution in [0.4, 0.5) is 0 Å². The molecule has 0 bridgehead atoms. The van der Waals surface area contributed by atoms with Gasteiger partial charge in [0.15, 0.2) is 0 Å². The van der Waals surface area contributed by atoms with E-state index in [1.165, 1.54) is 24.0 Å². The van der Waals surface area contributed by atoms with Gasteiger partial charge in [0.25, 0.3) is 0 Å². The van der Waals surface area contributed by atoms with Crippen molar-refractivity contribution in [3.8, 4) is 5.75 Å². The van der Waals surface area contributed by atoms with Gasteiger partial charge in [0.1, 0.15) is 5.75 Å². The Bertz CT molecular complexity index is 379. The lowest BCUT2D eigenvalue weighted by atomic mass is 10.0. The van der Waals surface area contributed by atoms with Crippen LogP contribution in [0.5, 0.6) is 5.75 Å². The summed E-state index contributed by atoms with van der Waals surface area (Å²) in [6.07, 6.45) is 5.86. The number of hydrogen-bond donors (Lipinski definition) is 0. The van der Waals surface area contributed by atoms with E-state index < -0.39 is 0 Å². The highest BCUT2D eigenvalue weighted by Crippen LogP contribution is 2.19. The fraction of sp³-hybridized carbons (Fsp3) is 0.529. The molecule has 0 saturated heterocycles. The molecule has 0 atom stereocenters. The number of halogens is 1. The lowest BCUT2D eigenvalue weighted by Crippen LogP contribution is -1.97. The number of allylic oxidation sites excluding steroid dienone is 1. The molecular formula is C17H25BrO. The lowest BCUT2D eigenvalue weighted by molar-refractivity contribution is 0.306. The van der Waals surface area contributed by atoms with Crippen molar-refractivity contribution in [2.75, 3.05) is 11.9 Å². The Morgan fingerprint density at radius 1 is 1.21 bits per heavy atom. The second-order valence-corrected chi connectivity index (χ2v) is 5.69. The normalized spacial score (nSPS) is 11.9. The highest BCUT2D eigenvalue weighted by atomic mass is 79.9. The van der Waals surface area contributed by atoms with E-state index in [1.54, 1.807) is 0 Å². The predicted octanol–water partition coefficient (Wildman–Crippen LogP) is 5.69. The van der Waals surface area contributed by atoms with Crippen molar-refractivity contribution in [2.24, 2.45) is 5.92 Å². The van der Waals surface area contributed by atoms with Gasteiger partial charge in [0, 0.05) is 5.33 Å². The zero-order chi connectivity index (χ0) is 14.1. The summed E-state index contributed by atoms with van der Waals surface area (Å²) in [6.45, 7) is 7.47. The first-order valence-corrected chi connectivity index (χ1v) is 8.28. The van der Waals surface area contributed by atoms with Gasteiger partial charge >= 0.3 is 0 Å². The van der Waals surface area contributed by atoms with E-state index in [4.69, 9.17) is 4.74 Å². The van der Waals surface area contributed by atoms with Crippen molar-refractivity contribution < 1.29 is 4.74 Å². The zero-order valence-electron chi connectivity index (χ0n) is 12.3. The maximum Gasteiger partial charge on any atom is 0.119 e. The first-order chi connectivity index (χ1) is 9.17. The van der Waals surface area contributed by atoms with Crippen LogP contribution in [-0.2, 0) is 0 Å². The SMILES string of the molecule is CCCCCOc1ccc(C=C(CBr)C(C)C)cc1. The summed E-state index contributed by atoms with van der Waals surface area (Å²) in [6, 6.07) is 8.37. The van der Waals surface area contributed by atoms with Crippen LogP contribution in [0.2, 0.25) is 0 Å². The number of hydrogen-bond acceptors (Lipinski definition) is 1. The molecule has 0 saturated carbocycles. The van der Waals surface area contributed by atoms with E-state index in [2.05, 4.69) is 67.0 Å². The molecule has 0 spiro atoms. The lowest BCUT2D eigenvalue weighted by Gasteiger charge is -2.09. The molecule has 1 aromatic carbocycles. The Balaban J connectivity index is 2.56. The van der Waals surface area contributed by atoms with Gasteiger partial charge in [-0.25, -0.2) is 0 Å². The van der Waals surface area contributed by atoms with Crippen LogP contribution in [0.15, 0.2) is 29.8 Å². The Morgan fingerprint density at radius 2 is 1.89 bits per heavy atom. The van der Waals surface area contributed by atoms with E-state index >= 15 is 0 Å². The molecule has 2 heteroatoms. The topological polar surface area (TPSA) is 9.23 Å². The van der Waals surface area contributed by atoms with E-state index in [-0.39, 0.29) is 0 Å². The number of rotatable bonds is 8. The summed E-state index contributed by atoms with van der Waals surface area (Å²) in [4.78, 5) is 0. The van der Waals surface area contributed by atoms with Crippen molar-refractivity contribution in [1.82, 2.24) is 0 Å². The molecule has 0 aliphatic rings. The fourth-order valence-electron chi connectivity index (χ4n) is 1.78. The van der Waals surface area contributed by atoms with Gasteiger partial charge in [0.2, 0.25) is 0 Å². The number of unbranched alkanes of at least 4 members (excludes halogenated alkanes) is 2. The quantitative estimate of drug-likeness (QED) is 0.441. The Labute approximate surface area is 126 Å².